The van der Waals surface area contributed by atoms with Crippen LogP contribution in [-0.2, 0) is 4.74 Å². The van der Waals surface area contributed by atoms with E-state index in [2.05, 4.69) is 10.1 Å². The number of pyridine rings is 1. The zero-order valence-electron chi connectivity index (χ0n) is 10.8. The molecule has 1 saturated heterocycles. The first kappa shape index (κ1) is 13.1. The van der Waals surface area contributed by atoms with Crippen LogP contribution in [-0.4, -0.2) is 21.4 Å². The summed E-state index contributed by atoms with van der Waals surface area (Å²) in [6.07, 6.45) is 6.52. The fourth-order valence-electron chi connectivity index (χ4n) is 2.35. The highest BCUT2D eigenvalue weighted by Crippen LogP contribution is 2.29. The third-order valence-corrected chi connectivity index (χ3v) is 3.63. The summed E-state index contributed by atoms with van der Waals surface area (Å²) >= 11 is 6.04. The van der Waals surface area contributed by atoms with Gasteiger partial charge in [0, 0.05) is 24.6 Å². The molecule has 0 spiro atoms. The minimum atomic E-state index is -0.0387. The van der Waals surface area contributed by atoms with E-state index >= 15 is 0 Å². The maximum absolute atomic E-state index is 8.86. The zero-order chi connectivity index (χ0) is 13.9. The molecule has 0 N–H and O–H groups in total. The number of hydrogen-bond donors (Lipinski definition) is 0. The molecular weight excluding hydrogens is 276 g/mol. The van der Waals surface area contributed by atoms with Gasteiger partial charge in [-0.25, -0.2) is 9.67 Å². The quantitative estimate of drug-likeness (QED) is 0.851. The Morgan fingerprint density at radius 3 is 3.05 bits per heavy atom. The molecule has 5 nitrogen and oxygen atoms in total. The molecule has 20 heavy (non-hydrogen) atoms. The van der Waals surface area contributed by atoms with E-state index in [9.17, 15) is 0 Å². The average Bonchev–Trinajstić information content (AvgIpc) is 2.97. The molecular formula is C14H13ClN4O. The summed E-state index contributed by atoms with van der Waals surface area (Å²) in [6, 6.07) is 5.60. The van der Waals surface area contributed by atoms with Crippen LogP contribution in [0.15, 0.2) is 24.5 Å². The molecule has 0 amide bonds. The van der Waals surface area contributed by atoms with E-state index in [1.165, 1.54) is 0 Å². The molecule has 1 atom stereocenters. The first-order valence-electron chi connectivity index (χ1n) is 6.51. The second-order valence-corrected chi connectivity index (χ2v) is 5.06. The smallest absolute Gasteiger partial charge is 0.159 e. The number of rotatable bonds is 2. The second-order valence-electron chi connectivity index (χ2n) is 4.65. The standard InChI is InChI=1S/C14H13ClN4O/c15-11-7-10(9-17-12(11)8-16)13-4-5-18-19(13)14-3-1-2-6-20-14/h4-5,7,9,14H,1-3,6H2. The molecule has 2 aromatic heterocycles. The number of nitriles is 1. The van der Waals surface area contributed by atoms with Gasteiger partial charge in [-0.05, 0) is 31.4 Å². The Balaban J connectivity index is 1.97. The number of halogens is 1. The van der Waals surface area contributed by atoms with Crippen LogP contribution in [0.5, 0.6) is 0 Å². The molecule has 102 valence electrons. The topological polar surface area (TPSA) is 63.7 Å². The lowest BCUT2D eigenvalue weighted by atomic mass is 10.1. The van der Waals surface area contributed by atoms with Crippen LogP contribution in [0.2, 0.25) is 5.02 Å². The van der Waals surface area contributed by atoms with E-state index < -0.39 is 0 Å². The summed E-state index contributed by atoms with van der Waals surface area (Å²) in [4.78, 5) is 4.06. The van der Waals surface area contributed by atoms with Crippen molar-refractivity contribution in [2.75, 3.05) is 6.61 Å². The van der Waals surface area contributed by atoms with Gasteiger partial charge in [-0.15, -0.1) is 0 Å². The van der Waals surface area contributed by atoms with E-state index in [1.807, 2.05) is 16.8 Å². The van der Waals surface area contributed by atoms with E-state index in [4.69, 9.17) is 21.6 Å². The Labute approximate surface area is 121 Å². The molecule has 1 aliphatic heterocycles. The number of hydrogen-bond acceptors (Lipinski definition) is 4. The number of nitrogens with zero attached hydrogens (tertiary/aromatic N) is 4. The Morgan fingerprint density at radius 1 is 1.45 bits per heavy atom. The van der Waals surface area contributed by atoms with Gasteiger partial charge in [0.1, 0.15) is 6.07 Å². The minimum absolute atomic E-state index is 0.0387. The van der Waals surface area contributed by atoms with Gasteiger partial charge in [0.25, 0.3) is 0 Å². The lowest BCUT2D eigenvalue weighted by molar-refractivity contribution is -0.0383. The third-order valence-electron chi connectivity index (χ3n) is 3.34. The van der Waals surface area contributed by atoms with E-state index in [-0.39, 0.29) is 11.9 Å². The van der Waals surface area contributed by atoms with Crippen molar-refractivity contribution in [3.63, 3.8) is 0 Å². The first-order valence-corrected chi connectivity index (χ1v) is 6.88. The lowest BCUT2D eigenvalue weighted by Crippen LogP contribution is -2.19. The molecule has 3 heterocycles. The van der Waals surface area contributed by atoms with Gasteiger partial charge in [-0.1, -0.05) is 11.6 Å². The van der Waals surface area contributed by atoms with Gasteiger partial charge in [-0.2, -0.15) is 10.4 Å². The Morgan fingerprint density at radius 2 is 2.35 bits per heavy atom. The van der Waals surface area contributed by atoms with Gasteiger partial charge in [-0.3, -0.25) is 0 Å². The maximum Gasteiger partial charge on any atom is 0.159 e. The van der Waals surface area contributed by atoms with Crippen molar-refractivity contribution in [2.24, 2.45) is 0 Å². The van der Waals surface area contributed by atoms with Crippen LogP contribution in [0.1, 0.15) is 31.2 Å². The van der Waals surface area contributed by atoms with Crippen molar-refractivity contribution in [1.82, 2.24) is 14.8 Å². The summed E-state index contributed by atoms with van der Waals surface area (Å²) in [7, 11) is 0. The van der Waals surface area contributed by atoms with Gasteiger partial charge in [0.2, 0.25) is 0 Å². The van der Waals surface area contributed by atoms with Gasteiger partial charge >= 0.3 is 0 Å². The van der Waals surface area contributed by atoms with E-state index in [0.29, 0.717) is 5.02 Å². The zero-order valence-corrected chi connectivity index (χ0v) is 11.5. The number of ether oxygens (including phenoxy) is 1. The van der Waals surface area contributed by atoms with Crippen LogP contribution in [0.3, 0.4) is 0 Å². The summed E-state index contributed by atoms with van der Waals surface area (Å²) in [5.74, 6) is 0. The SMILES string of the molecule is N#Cc1ncc(-c2ccnn2C2CCCCO2)cc1Cl. The van der Waals surface area contributed by atoms with Crippen molar-refractivity contribution in [2.45, 2.75) is 25.5 Å². The molecule has 0 aliphatic carbocycles. The van der Waals surface area contributed by atoms with E-state index in [1.54, 1.807) is 18.5 Å². The highest BCUT2D eigenvalue weighted by Gasteiger charge is 2.20. The van der Waals surface area contributed by atoms with Gasteiger partial charge in [0.05, 0.1) is 10.7 Å². The van der Waals surface area contributed by atoms with E-state index in [0.717, 1.165) is 37.1 Å². The number of aromatic nitrogens is 3. The molecule has 0 bridgehead atoms. The van der Waals surface area contributed by atoms with Crippen molar-refractivity contribution >= 4 is 11.6 Å². The summed E-state index contributed by atoms with van der Waals surface area (Å²) < 4.78 is 7.61. The van der Waals surface area contributed by atoms with Crippen LogP contribution in [0.25, 0.3) is 11.3 Å². The Hall–Kier alpha value is -1.90. The molecule has 1 unspecified atom stereocenters. The molecule has 2 aromatic rings. The average molecular weight is 289 g/mol. The Kier molecular flexibility index (Phi) is 3.68. The minimum Gasteiger partial charge on any atom is -0.356 e. The van der Waals surface area contributed by atoms with Crippen molar-refractivity contribution in [3.8, 4) is 17.3 Å². The summed E-state index contributed by atoms with van der Waals surface area (Å²) in [6.45, 7) is 0.760. The van der Waals surface area contributed by atoms with Gasteiger partial charge < -0.3 is 4.74 Å². The van der Waals surface area contributed by atoms with Crippen molar-refractivity contribution in [1.29, 1.82) is 5.26 Å². The Bertz CT molecular complexity index is 655. The summed E-state index contributed by atoms with van der Waals surface area (Å²) in [5.41, 5.74) is 1.96. The van der Waals surface area contributed by atoms with Crippen LogP contribution in [0.4, 0.5) is 0 Å². The monoisotopic (exact) mass is 288 g/mol. The fourth-order valence-corrected chi connectivity index (χ4v) is 2.56. The van der Waals surface area contributed by atoms with Crippen molar-refractivity contribution in [3.05, 3.63) is 35.2 Å². The van der Waals surface area contributed by atoms with Crippen LogP contribution in [0, 0.1) is 11.3 Å². The second kappa shape index (κ2) is 5.61. The third kappa shape index (κ3) is 2.40. The molecule has 3 rings (SSSR count). The van der Waals surface area contributed by atoms with Crippen LogP contribution < -0.4 is 0 Å². The molecule has 0 radical (unpaired) electrons. The molecule has 0 aromatic carbocycles. The molecule has 1 fully saturated rings. The highest BCUT2D eigenvalue weighted by atomic mass is 35.5. The van der Waals surface area contributed by atoms with Gasteiger partial charge in [0.15, 0.2) is 11.9 Å². The largest absolute Gasteiger partial charge is 0.356 e. The van der Waals surface area contributed by atoms with Crippen LogP contribution >= 0.6 is 11.6 Å². The highest BCUT2D eigenvalue weighted by molar-refractivity contribution is 6.31. The molecule has 0 saturated carbocycles. The summed E-state index contributed by atoms with van der Waals surface area (Å²) in [5, 5.41) is 13.6. The normalized spacial score (nSPS) is 18.7. The fraction of sp³-hybridized carbons (Fsp3) is 0.357. The molecule has 1 aliphatic rings. The van der Waals surface area contributed by atoms with Crippen molar-refractivity contribution < 1.29 is 4.74 Å². The lowest BCUT2D eigenvalue weighted by Gasteiger charge is -2.24. The molecule has 6 heteroatoms. The predicted octanol–water partition coefficient (Wildman–Crippen LogP) is 3.17. The predicted molar refractivity (Wildman–Crippen MR) is 74.0 cm³/mol. The maximum atomic E-state index is 8.86. The first-order chi connectivity index (χ1) is 9.79.